The van der Waals surface area contributed by atoms with Crippen molar-refractivity contribution in [2.45, 2.75) is 51.7 Å². The fourth-order valence-corrected chi connectivity index (χ4v) is 4.35. The van der Waals surface area contributed by atoms with E-state index >= 15 is 0 Å². The molecule has 0 aliphatic carbocycles. The van der Waals surface area contributed by atoms with Gasteiger partial charge in [-0.3, -0.25) is 24.6 Å². The molecule has 1 aromatic carbocycles. The van der Waals surface area contributed by atoms with Crippen molar-refractivity contribution in [1.82, 2.24) is 15.1 Å². The topological polar surface area (TPSA) is 102 Å². The Hall–Kier alpha value is -3.14. The standard InChI is InChI=1S/C25H37N5O5/c1-25(2,3)35-24(34)30-14-12-29(13-15-30)11-10-18-6-7-19(21(16-18)27(4)17-31)28(5)20-8-9-22(32)26-23(20)33/h6-7,16-17,20H,8-15H2,1-5H3,(H,26,32,33). The van der Waals surface area contributed by atoms with Crippen molar-refractivity contribution in [3.05, 3.63) is 23.8 Å². The maximum absolute atomic E-state index is 12.4. The van der Waals surface area contributed by atoms with Crippen LogP contribution in [0.4, 0.5) is 16.2 Å². The summed E-state index contributed by atoms with van der Waals surface area (Å²) in [5, 5.41) is 2.39. The van der Waals surface area contributed by atoms with Crippen LogP contribution < -0.4 is 15.1 Å². The molecule has 2 fully saturated rings. The lowest BCUT2D eigenvalue weighted by atomic mass is 10.0. The smallest absolute Gasteiger partial charge is 0.410 e. The number of benzene rings is 1. The third-order valence-corrected chi connectivity index (χ3v) is 6.38. The van der Waals surface area contributed by atoms with E-state index in [0.717, 1.165) is 43.7 Å². The van der Waals surface area contributed by atoms with Crippen LogP contribution in [-0.2, 0) is 25.5 Å². The van der Waals surface area contributed by atoms with Gasteiger partial charge in [0.2, 0.25) is 18.2 Å². The van der Waals surface area contributed by atoms with Crippen molar-refractivity contribution in [2.75, 3.05) is 56.6 Å². The number of rotatable bonds is 7. The third kappa shape index (κ3) is 6.94. The maximum atomic E-state index is 12.4. The van der Waals surface area contributed by atoms with Crippen molar-refractivity contribution in [2.24, 2.45) is 0 Å². The first kappa shape index (κ1) is 26.5. The number of piperazine rings is 1. The van der Waals surface area contributed by atoms with Gasteiger partial charge >= 0.3 is 6.09 Å². The highest BCUT2D eigenvalue weighted by atomic mass is 16.6. The molecule has 1 unspecified atom stereocenters. The van der Waals surface area contributed by atoms with Gasteiger partial charge in [0.1, 0.15) is 11.6 Å². The van der Waals surface area contributed by atoms with Crippen molar-refractivity contribution < 1.29 is 23.9 Å². The summed E-state index contributed by atoms with van der Waals surface area (Å²) in [7, 11) is 3.49. The van der Waals surface area contributed by atoms with Gasteiger partial charge in [-0.15, -0.1) is 0 Å². The number of nitrogens with zero attached hydrogens (tertiary/aromatic N) is 4. The number of hydrogen-bond donors (Lipinski definition) is 1. The lowest BCUT2D eigenvalue weighted by Crippen LogP contribution is -2.51. The molecule has 2 aliphatic heterocycles. The van der Waals surface area contributed by atoms with Crippen LogP contribution in [0, 0.1) is 0 Å². The number of anilines is 2. The Morgan fingerprint density at radius 3 is 2.43 bits per heavy atom. The van der Waals surface area contributed by atoms with Crippen molar-refractivity contribution in [1.29, 1.82) is 0 Å². The van der Waals surface area contributed by atoms with E-state index in [1.807, 2.05) is 43.9 Å². The van der Waals surface area contributed by atoms with E-state index in [1.54, 1.807) is 19.0 Å². The highest BCUT2D eigenvalue weighted by Crippen LogP contribution is 2.31. The van der Waals surface area contributed by atoms with E-state index in [9.17, 15) is 19.2 Å². The lowest BCUT2D eigenvalue weighted by molar-refractivity contribution is -0.134. The van der Waals surface area contributed by atoms with Gasteiger partial charge in [0.05, 0.1) is 11.4 Å². The Labute approximate surface area is 207 Å². The van der Waals surface area contributed by atoms with Gasteiger partial charge in [-0.1, -0.05) is 6.07 Å². The first-order chi connectivity index (χ1) is 16.5. The third-order valence-electron chi connectivity index (χ3n) is 6.38. The van der Waals surface area contributed by atoms with E-state index in [-0.39, 0.29) is 17.9 Å². The van der Waals surface area contributed by atoms with E-state index in [2.05, 4.69) is 10.2 Å². The Balaban J connectivity index is 1.62. The summed E-state index contributed by atoms with van der Waals surface area (Å²) in [5.41, 5.74) is 2.03. The minimum Gasteiger partial charge on any atom is -0.444 e. The van der Waals surface area contributed by atoms with Gasteiger partial charge in [0.15, 0.2) is 0 Å². The summed E-state index contributed by atoms with van der Waals surface area (Å²) in [6, 6.07) is 5.44. The van der Waals surface area contributed by atoms with Crippen LogP contribution in [-0.4, -0.2) is 92.6 Å². The highest BCUT2D eigenvalue weighted by Gasteiger charge is 2.31. The summed E-state index contributed by atoms with van der Waals surface area (Å²) in [5.74, 6) is -0.579. The molecular weight excluding hydrogens is 450 g/mol. The second-order valence-corrected chi connectivity index (χ2v) is 10.2. The van der Waals surface area contributed by atoms with Crippen LogP contribution in [0.3, 0.4) is 0 Å². The van der Waals surface area contributed by atoms with Crippen LogP contribution in [0.25, 0.3) is 0 Å². The summed E-state index contributed by atoms with van der Waals surface area (Å²) >= 11 is 0. The van der Waals surface area contributed by atoms with E-state index in [1.165, 1.54) is 4.90 Å². The number of likely N-dealkylation sites (N-methyl/N-ethyl adjacent to an activating group) is 1. The monoisotopic (exact) mass is 487 g/mol. The molecule has 0 aromatic heterocycles. The van der Waals surface area contributed by atoms with Crippen LogP contribution in [0.1, 0.15) is 39.2 Å². The molecule has 4 amide bonds. The molecule has 0 radical (unpaired) electrons. The molecule has 1 atom stereocenters. The van der Waals surface area contributed by atoms with Crippen molar-refractivity contribution in [3.63, 3.8) is 0 Å². The zero-order valence-corrected chi connectivity index (χ0v) is 21.4. The predicted octanol–water partition coefficient (Wildman–Crippen LogP) is 1.62. The zero-order valence-electron chi connectivity index (χ0n) is 21.4. The minimum atomic E-state index is -0.501. The van der Waals surface area contributed by atoms with Crippen molar-refractivity contribution >= 4 is 35.7 Å². The number of imide groups is 1. The molecular formula is C25H37N5O5. The number of amides is 4. The predicted molar refractivity (Wildman–Crippen MR) is 133 cm³/mol. The number of carbonyl (C=O) groups excluding carboxylic acids is 4. The Morgan fingerprint density at radius 2 is 1.83 bits per heavy atom. The molecule has 2 aliphatic rings. The van der Waals surface area contributed by atoms with E-state index < -0.39 is 11.6 Å². The minimum absolute atomic E-state index is 0.257. The summed E-state index contributed by atoms with van der Waals surface area (Å²) < 4.78 is 5.46. The number of ether oxygens (including phenoxy) is 1. The Morgan fingerprint density at radius 1 is 1.14 bits per heavy atom. The molecule has 2 heterocycles. The maximum Gasteiger partial charge on any atom is 0.410 e. The number of piperidine rings is 1. The molecule has 1 aromatic rings. The highest BCUT2D eigenvalue weighted by molar-refractivity contribution is 6.02. The molecule has 0 spiro atoms. The Bertz CT molecular complexity index is 952. The number of carbonyl (C=O) groups is 4. The largest absolute Gasteiger partial charge is 0.444 e. The van der Waals surface area contributed by atoms with E-state index in [0.29, 0.717) is 31.6 Å². The molecule has 3 rings (SSSR count). The van der Waals surface area contributed by atoms with Crippen LogP contribution >= 0.6 is 0 Å². The van der Waals surface area contributed by atoms with Gasteiger partial charge in [0.25, 0.3) is 0 Å². The molecule has 0 bridgehead atoms. The lowest BCUT2D eigenvalue weighted by Gasteiger charge is -2.35. The normalized spacial score (nSPS) is 19.2. The quantitative estimate of drug-likeness (QED) is 0.461. The van der Waals surface area contributed by atoms with Crippen molar-refractivity contribution in [3.8, 4) is 0 Å². The number of nitrogens with one attached hydrogen (secondary N) is 1. The molecule has 1 N–H and O–H groups in total. The van der Waals surface area contributed by atoms with Crippen LogP contribution in [0.15, 0.2) is 18.2 Å². The van der Waals surface area contributed by atoms with Crippen LogP contribution in [0.2, 0.25) is 0 Å². The van der Waals surface area contributed by atoms with Gasteiger partial charge < -0.3 is 19.4 Å². The molecule has 35 heavy (non-hydrogen) atoms. The Kier molecular flexibility index (Phi) is 8.37. The summed E-state index contributed by atoms with van der Waals surface area (Å²) in [6.45, 7) is 9.23. The summed E-state index contributed by atoms with van der Waals surface area (Å²) in [4.78, 5) is 55.1. The molecule has 192 valence electrons. The van der Waals surface area contributed by atoms with Crippen LogP contribution in [0.5, 0.6) is 0 Å². The van der Waals surface area contributed by atoms with Gasteiger partial charge in [-0.05, 0) is 51.3 Å². The van der Waals surface area contributed by atoms with E-state index in [4.69, 9.17) is 4.74 Å². The average Bonchev–Trinajstić information content (AvgIpc) is 2.81. The first-order valence-corrected chi connectivity index (χ1v) is 12.1. The zero-order chi connectivity index (χ0) is 25.8. The fraction of sp³-hybridized carbons (Fsp3) is 0.600. The SMILES string of the molecule is CN(C=O)c1cc(CCN2CCN(C(=O)OC(C)(C)C)CC2)ccc1N(C)C1CCC(=O)NC1=O. The molecule has 0 saturated carbocycles. The second-order valence-electron chi connectivity index (χ2n) is 10.2. The number of hydrogen-bond acceptors (Lipinski definition) is 7. The molecule has 10 nitrogen and oxygen atoms in total. The van der Waals surface area contributed by atoms with Gasteiger partial charge in [-0.2, -0.15) is 0 Å². The van der Waals surface area contributed by atoms with Gasteiger partial charge in [0, 0.05) is 53.2 Å². The average molecular weight is 488 g/mol. The molecule has 10 heteroatoms. The van der Waals surface area contributed by atoms with Gasteiger partial charge in [-0.25, -0.2) is 4.79 Å². The second kappa shape index (κ2) is 11.1. The fourth-order valence-electron chi connectivity index (χ4n) is 4.35. The summed E-state index contributed by atoms with van der Waals surface area (Å²) in [6.07, 6.45) is 1.99. The molecule has 2 saturated heterocycles. The first-order valence-electron chi connectivity index (χ1n) is 12.1.